The van der Waals surface area contributed by atoms with E-state index in [-0.39, 0.29) is 6.04 Å². The van der Waals surface area contributed by atoms with Crippen LogP contribution in [0.4, 0.5) is 0 Å². The maximum Gasteiger partial charge on any atom is 0.314 e. The third-order valence-electron chi connectivity index (χ3n) is 3.57. The minimum absolute atomic E-state index is 0.0481. The molecule has 2 atom stereocenters. The highest BCUT2D eigenvalue weighted by atomic mass is 16.3. The van der Waals surface area contributed by atoms with Crippen LogP contribution in [0.25, 0.3) is 11.0 Å². The van der Waals surface area contributed by atoms with E-state index in [2.05, 4.69) is 15.3 Å². The summed E-state index contributed by atoms with van der Waals surface area (Å²) in [5.74, 6) is 0. The largest absolute Gasteiger partial charge is 0.387 e. The summed E-state index contributed by atoms with van der Waals surface area (Å²) in [6, 6.07) is 5.21. The van der Waals surface area contributed by atoms with Gasteiger partial charge < -0.3 is 20.4 Å². The molecule has 1 aromatic heterocycles. The lowest BCUT2D eigenvalue weighted by molar-refractivity contribution is 0.137. The van der Waals surface area contributed by atoms with Crippen LogP contribution in [-0.4, -0.2) is 27.7 Å². The van der Waals surface area contributed by atoms with Gasteiger partial charge in [0.05, 0.1) is 17.1 Å². The molecule has 3 rings (SSSR count). The number of hydrogen-bond acceptors (Lipinski definition) is 4. The number of aliphatic hydroxyl groups is 1. The number of aromatic nitrogens is 2. The van der Waals surface area contributed by atoms with Crippen LogP contribution in [0.1, 0.15) is 24.5 Å². The lowest BCUT2D eigenvalue weighted by Gasteiger charge is -2.18. The van der Waals surface area contributed by atoms with Gasteiger partial charge in [-0.25, -0.2) is 0 Å². The maximum atomic E-state index is 11.3. The first-order chi connectivity index (χ1) is 9.15. The molecule has 0 saturated carbocycles. The van der Waals surface area contributed by atoms with E-state index in [9.17, 15) is 14.7 Å². The molecular weight excluding hydrogens is 246 g/mol. The second kappa shape index (κ2) is 4.64. The molecule has 2 heterocycles. The normalized spacial score (nSPS) is 20.8. The lowest BCUT2D eigenvalue weighted by atomic mass is 10.0. The molecule has 1 fully saturated rings. The predicted molar refractivity (Wildman–Crippen MR) is 71.2 cm³/mol. The minimum Gasteiger partial charge on any atom is -0.387 e. The van der Waals surface area contributed by atoms with Crippen LogP contribution >= 0.6 is 0 Å². The summed E-state index contributed by atoms with van der Waals surface area (Å²) in [4.78, 5) is 27.5. The van der Waals surface area contributed by atoms with Crippen LogP contribution in [0, 0.1) is 0 Å². The Bertz CT molecular complexity index is 713. The number of nitrogens with one attached hydrogen (secondary N) is 3. The van der Waals surface area contributed by atoms with Gasteiger partial charge in [0.1, 0.15) is 0 Å². The van der Waals surface area contributed by atoms with Crippen LogP contribution in [0.5, 0.6) is 0 Å². The average Bonchev–Trinajstić information content (AvgIpc) is 2.93. The SMILES string of the molecule is O=c1[nH]c2ccc(C(O)C3CCCN3)cc2[nH]c1=O. The monoisotopic (exact) mass is 261 g/mol. The molecule has 19 heavy (non-hydrogen) atoms. The van der Waals surface area contributed by atoms with E-state index in [0.717, 1.165) is 24.9 Å². The second-order valence-electron chi connectivity index (χ2n) is 4.86. The van der Waals surface area contributed by atoms with Gasteiger partial charge in [-0.1, -0.05) is 6.07 Å². The van der Waals surface area contributed by atoms with Crippen molar-refractivity contribution in [3.8, 4) is 0 Å². The highest BCUT2D eigenvalue weighted by Gasteiger charge is 2.24. The number of aromatic amines is 2. The first-order valence-corrected chi connectivity index (χ1v) is 6.33. The van der Waals surface area contributed by atoms with Crippen molar-refractivity contribution in [2.75, 3.05) is 6.54 Å². The van der Waals surface area contributed by atoms with E-state index in [0.29, 0.717) is 11.0 Å². The van der Waals surface area contributed by atoms with Crippen molar-refractivity contribution in [2.45, 2.75) is 25.0 Å². The highest BCUT2D eigenvalue weighted by molar-refractivity contribution is 5.74. The maximum absolute atomic E-state index is 11.3. The first-order valence-electron chi connectivity index (χ1n) is 6.33. The molecule has 4 N–H and O–H groups in total. The molecule has 1 saturated heterocycles. The van der Waals surface area contributed by atoms with Crippen molar-refractivity contribution in [2.24, 2.45) is 0 Å². The Balaban J connectivity index is 2.03. The Morgan fingerprint density at radius 1 is 1.16 bits per heavy atom. The van der Waals surface area contributed by atoms with E-state index in [1.165, 1.54) is 0 Å². The number of rotatable bonds is 2. The first kappa shape index (κ1) is 12.1. The van der Waals surface area contributed by atoms with E-state index in [4.69, 9.17) is 0 Å². The van der Waals surface area contributed by atoms with Crippen molar-refractivity contribution in [3.05, 3.63) is 44.5 Å². The Kier molecular flexibility index (Phi) is 2.96. The zero-order valence-electron chi connectivity index (χ0n) is 10.3. The standard InChI is InChI=1S/C13H15N3O3/c17-11(9-2-1-5-14-9)7-3-4-8-10(6-7)16-13(19)12(18)15-8/h3-4,6,9,11,14,17H,1-2,5H2,(H,15,18)(H,16,19). The van der Waals surface area contributed by atoms with E-state index < -0.39 is 17.2 Å². The molecule has 2 unspecified atom stereocenters. The molecule has 100 valence electrons. The van der Waals surface area contributed by atoms with Crippen molar-refractivity contribution in [1.29, 1.82) is 0 Å². The van der Waals surface area contributed by atoms with Crippen molar-refractivity contribution < 1.29 is 5.11 Å². The van der Waals surface area contributed by atoms with Crippen molar-refractivity contribution in [1.82, 2.24) is 15.3 Å². The number of hydrogen-bond donors (Lipinski definition) is 4. The highest BCUT2D eigenvalue weighted by Crippen LogP contribution is 2.24. The molecule has 2 aromatic rings. The molecule has 1 aliphatic heterocycles. The zero-order valence-corrected chi connectivity index (χ0v) is 10.3. The smallest absolute Gasteiger partial charge is 0.314 e. The van der Waals surface area contributed by atoms with Crippen LogP contribution in [0.3, 0.4) is 0 Å². The summed E-state index contributed by atoms with van der Waals surface area (Å²) in [6.45, 7) is 0.916. The van der Waals surface area contributed by atoms with Gasteiger partial charge in [0.15, 0.2) is 0 Å². The molecule has 1 aliphatic rings. The molecule has 0 radical (unpaired) electrons. The Morgan fingerprint density at radius 2 is 1.89 bits per heavy atom. The molecule has 6 nitrogen and oxygen atoms in total. The molecule has 0 aliphatic carbocycles. The number of H-pyrrole nitrogens is 2. The van der Waals surface area contributed by atoms with Crippen molar-refractivity contribution >= 4 is 11.0 Å². The Morgan fingerprint density at radius 3 is 2.58 bits per heavy atom. The summed E-state index contributed by atoms with van der Waals surface area (Å²) in [5, 5.41) is 13.5. The third-order valence-corrected chi connectivity index (χ3v) is 3.57. The Labute approximate surface area is 108 Å². The summed E-state index contributed by atoms with van der Waals surface area (Å²) >= 11 is 0. The molecular formula is C13H15N3O3. The molecule has 0 bridgehead atoms. The van der Waals surface area contributed by atoms with Gasteiger partial charge in [-0.2, -0.15) is 0 Å². The fourth-order valence-corrected chi connectivity index (χ4v) is 2.53. The summed E-state index contributed by atoms with van der Waals surface area (Å²) in [6.07, 6.45) is 1.38. The molecule has 0 spiro atoms. The van der Waals surface area contributed by atoms with Crippen LogP contribution < -0.4 is 16.4 Å². The lowest BCUT2D eigenvalue weighted by Crippen LogP contribution is -2.30. The average molecular weight is 261 g/mol. The molecule has 6 heteroatoms. The summed E-state index contributed by atoms with van der Waals surface area (Å²) < 4.78 is 0. The quantitative estimate of drug-likeness (QED) is 0.572. The fraction of sp³-hybridized carbons (Fsp3) is 0.385. The van der Waals surface area contributed by atoms with E-state index in [1.54, 1.807) is 18.2 Å². The van der Waals surface area contributed by atoms with E-state index in [1.807, 2.05) is 0 Å². The molecule has 0 amide bonds. The van der Waals surface area contributed by atoms with Gasteiger partial charge >= 0.3 is 11.1 Å². The van der Waals surface area contributed by atoms with Crippen LogP contribution in [0.15, 0.2) is 27.8 Å². The Hall–Kier alpha value is -1.92. The topological polar surface area (TPSA) is 98.0 Å². The molecule has 1 aromatic carbocycles. The minimum atomic E-state index is -0.682. The fourth-order valence-electron chi connectivity index (χ4n) is 2.53. The van der Waals surface area contributed by atoms with Gasteiger partial charge in [0.2, 0.25) is 0 Å². The van der Waals surface area contributed by atoms with Gasteiger partial charge in [0, 0.05) is 6.04 Å². The summed E-state index contributed by atoms with van der Waals surface area (Å²) in [5.41, 5.74) is 0.463. The summed E-state index contributed by atoms with van der Waals surface area (Å²) in [7, 11) is 0. The second-order valence-corrected chi connectivity index (χ2v) is 4.86. The number of aliphatic hydroxyl groups excluding tert-OH is 1. The van der Waals surface area contributed by atoms with Crippen LogP contribution in [0.2, 0.25) is 0 Å². The van der Waals surface area contributed by atoms with Crippen LogP contribution in [-0.2, 0) is 0 Å². The van der Waals surface area contributed by atoms with Gasteiger partial charge in [-0.05, 0) is 37.1 Å². The zero-order chi connectivity index (χ0) is 13.4. The predicted octanol–water partition coefficient (Wildman–Crippen LogP) is 0.00180. The van der Waals surface area contributed by atoms with E-state index >= 15 is 0 Å². The number of fused-ring (bicyclic) bond motifs is 1. The van der Waals surface area contributed by atoms with Gasteiger partial charge in [-0.15, -0.1) is 0 Å². The van der Waals surface area contributed by atoms with Crippen molar-refractivity contribution in [3.63, 3.8) is 0 Å². The van der Waals surface area contributed by atoms with Gasteiger partial charge in [0.25, 0.3) is 0 Å². The third kappa shape index (κ3) is 2.20. The van der Waals surface area contributed by atoms with Gasteiger partial charge in [-0.3, -0.25) is 9.59 Å². The number of benzene rings is 1.